The maximum Gasteiger partial charge on any atom is 0.0605 e. The van der Waals surface area contributed by atoms with Crippen LogP contribution in [0.3, 0.4) is 0 Å². The number of aromatic nitrogens is 1. The Labute approximate surface area is 85.5 Å². The minimum atomic E-state index is -0.0422. The van der Waals surface area contributed by atoms with E-state index in [-0.39, 0.29) is 5.41 Å². The summed E-state index contributed by atoms with van der Waals surface area (Å²) in [6, 6.07) is 0. The van der Waals surface area contributed by atoms with Crippen molar-refractivity contribution in [1.29, 1.82) is 0 Å². The first-order valence-electron chi connectivity index (χ1n) is 4.60. The van der Waals surface area contributed by atoms with Crippen LogP contribution in [0.15, 0.2) is 6.20 Å². The van der Waals surface area contributed by atoms with Crippen LogP contribution in [0.5, 0.6) is 0 Å². The van der Waals surface area contributed by atoms with Crippen LogP contribution in [0.4, 0.5) is 5.69 Å². The number of rotatable bonds is 0. The number of nitrogens with zero attached hydrogens (tertiary/aromatic N) is 1. The lowest BCUT2D eigenvalue weighted by Gasteiger charge is -2.23. The van der Waals surface area contributed by atoms with Gasteiger partial charge in [0.2, 0.25) is 0 Å². The molecule has 2 heteroatoms. The van der Waals surface area contributed by atoms with E-state index in [0.29, 0.717) is 5.69 Å². The molecule has 0 aromatic carbocycles. The number of hydrogen-bond acceptors (Lipinski definition) is 2. The fraction of sp³-hybridized carbons (Fsp3) is 0.417. The molecule has 0 unspecified atom stereocenters. The molecule has 0 bridgehead atoms. The Morgan fingerprint density at radius 1 is 1.43 bits per heavy atom. The van der Waals surface area contributed by atoms with Crippen LogP contribution in [0.25, 0.3) is 0 Å². The Morgan fingerprint density at radius 2 is 2.00 bits per heavy atom. The number of anilines is 1. The molecular formula is C12H16N2. The van der Waals surface area contributed by atoms with Gasteiger partial charge in [-0.05, 0) is 17.9 Å². The van der Waals surface area contributed by atoms with Crippen LogP contribution in [0.1, 0.15) is 37.6 Å². The van der Waals surface area contributed by atoms with Crippen molar-refractivity contribution in [1.82, 2.24) is 4.98 Å². The molecule has 0 aliphatic rings. The quantitative estimate of drug-likeness (QED) is 0.634. The van der Waals surface area contributed by atoms with E-state index >= 15 is 0 Å². The summed E-state index contributed by atoms with van der Waals surface area (Å²) in [5.41, 5.74) is 9.32. The number of terminal acetylenes is 1. The SMILES string of the molecule is C#Cc1cnc(C)c(N)c1C(C)(C)C. The van der Waals surface area contributed by atoms with E-state index in [9.17, 15) is 0 Å². The smallest absolute Gasteiger partial charge is 0.0605 e. The molecule has 0 aliphatic carbocycles. The first-order valence-corrected chi connectivity index (χ1v) is 4.60. The van der Waals surface area contributed by atoms with Crippen molar-refractivity contribution in [3.63, 3.8) is 0 Å². The van der Waals surface area contributed by atoms with E-state index in [2.05, 4.69) is 31.7 Å². The lowest BCUT2D eigenvalue weighted by Crippen LogP contribution is -2.17. The summed E-state index contributed by atoms with van der Waals surface area (Å²) in [5, 5.41) is 0. The normalized spacial score (nSPS) is 11.1. The van der Waals surface area contributed by atoms with Gasteiger partial charge in [0.25, 0.3) is 0 Å². The van der Waals surface area contributed by atoms with Crippen LogP contribution in [-0.2, 0) is 5.41 Å². The molecule has 2 nitrogen and oxygen atoms in total. The molecule has 1 rings (SSSR count). The molecule has 0 fully saturated rings. The molecule has 0 atom stereocenters. The third kappa shape index (κ3) is 1.72. The van der Waals surface area contributed by atoms with E-state index in [1.807, 2.05) is 6.92 Å². The molecule has 0 saturated carbocycles. The van der Waals surface area contributed by atoms with Crippen molar-refractivity contribution < 1.29 is 0 Å². The van der Waals surface area contributed by atoms with Gasteiger partial charge in [-0.15, -0.1) is 6.42 Å². The van der Waals surface area contributed by atoms with Gasteiger partial charge >= 0.3 is 0 Å². The van der Waals surface area contributed by atoms with Crippen molar-refractivity contribution in [2.24, 2.45) is 0 Å². The first-order chi connectivity index (χ1) is 6.38. The summed E-state index contributed by atoms with van der Waals surface area (Å²) < 4.78 is 0. The fourth-order valence-electron chi connectivity index (χ4n) is 1.54. The highest BCUT2D eigenvalue weighted by atomic mass is 14.7. The molecule has 1 aromatic rings. The van der Waals surface area contributed by atoms with Crippen molar-refractivity contribution in [3.8, 4) is 12.3 Å². The average Bonchev–Trinajstić information content (AvgIpc) is 2.07. The summed E-state index contributed by atoms with van der Waals surface area (Å²) in [6.07, 6.45) is 7.14. The molecule has 0 amide bonds. The van der Waals surface area contributed by atoms with Gasteiger partial charge in [0.1, 0.15) is 0 Å². The van der Waals surface area contributed by atoms with Crippen molar-refractivity contribution in [2.45, 2.75) is 33.1 Å². The monoisotopic (exact) mass is 188 g/mol. The van der Waals surface area contributed by atoms with E-state index in [1.165, 1.54) is 0 Å². The van der Waals surface area contributed by atoms with E-state index in [0.717, 1.165) is 16.8 Å². The van der Waals surface area contributed by atoms with Crippen LogP contribution in [0.2, 0.25) is 0 Å². The zero-order valence-electron chi connectivity index (χ0n) is 9.18. The maximum atomic E-state index is 5.99. The average molecular weight is 188 g/mol. The van der Waals surface area contributed by atoms with Crippen LogP contribution in [-0.4, -0.2) is 4.98 Å². The van der Waals surface area contributed by atoms with Crippen molar-refractivity contribution in [2.75, 3.05) is 5.73 Å². The van der Waals surface area contributed by atoms with Crippen molar-refractivity contribution >= 4 is 5.69 Å². The summed E-state index contributed by atoms with van der Waals surface area (Å²) >= 11 is 0. The van der Waals surface area contributed by atoms with Crippen LogP contribution < -0.4 is 5.73 Å². The van der Waals surface area contributed by atoms with Gasteiger partial charge in [0, 0.05) is 11.8 Å². The van der Waals surface area contributed by atoms with Crippen molar-refractivity contribution in [3.05, 3.63) is 23.0 Å². The number of nitrogens with two attached hydrogens (primary N) is 1. The lowest BCUT2D eigenvalue weighted by molar-refractivity contribution is 0.589. The standard InChI is InChI=1S/C12H16N2/c1-6-9-7-14-8(2)11(13)10(9)12(3,4)5/h1,7H,13H2,2-5H3. The van der Waals surface area contributed by atoms with E-state index in [1.54, 1.807) is 6.20 Å². The third-order valence-electron chi connectivity index (χ3n) is 2.22. The minimum Gasteiger partial charge on any atom is -0.397 e. The van der Waals surface area contributed by atoms with Gasteiger partial charge in [-0.3, -0.25) is 4.98 Å². The Balaban J connectivity index is 3.54. The molecule has 1 heterocycles. The van der Waals surface area contributed by atoms with Gasteiger partial charge < -0.3 is 5.73 Å². The Bertz CT molecular complexity index is 392. The maximum absolute atomic E-state index is 5.99. The van der Waals surface area contributed by atoms with E-state index in [4.69, 9.17) is 12.2 Å². The number of nitrogen functional groups attached to an aromatic ring is 1. The molecular weight excluding hydrogens is 172 g/mol. The second-order valence-corrected chi connectivity index (χ2v) is 4.44. The first kappa shape index (κ1) is 10.6. The Morgan fingerprint density at radius 3 is 2.43 bits per heavy atom. The number of pyridine rings is 1. The minimum absolute atomic E-state index is 0.0422. The van der Waals surface area contributed by atoms with E-state index < -0.39 is 0 Å². The largest absolute Gasteiger partial charge is 0.397 e. The molecule has 0 saturated heterocycles. The summed E-state index contributed by atoms with van der Waals surface area (Å²) in [4.78, 5) is 4.16. The van der Waals surface area contributed by atoms with Gasteiger partial charge in [0.05, 0.1) is 11.4 Å². The zero-order chi connectivity index (χ0) is 10.9. The second kappa shape index (κ2) is 3.34. The predicted molar refractivity (Wildman–Crippen MR) is 60.0 cm³/mol. The summed E-state index contributed by atoms with van der Waals surface area (Å²) in [6.45, 7) is 8.18. The predicted octanol–water partition coefficient (Wildman–Crippen LogP) is 2.25. The number of aryl methyl sites for hydroxylation is 1. The molecule has 74 valence electrons. The molecule has 1 aromatic heterocycles. The fourth-order valence-corrected chi connectivity index (χ4v) is 1.54. The van der Waals surface area contributed by atoms with Crippen LogP contribution >= 0.6 is 0 Å². The molecule has 14 heavy (non-hydrogen) atoms. The summed E-state index contributed by atoms with van der Waals surface area (Å²) in [5.74, 6) is 2.63. The third-order valence-corrected chi connectivity index (χ3v) is 2.22. The zero-order valence-corrected chi connectivity index (χ0v) is 9.18. The van der Waals surface area contributed by atoms with Gasteiger partial charge in [-0.2, -0.15) is 0 Å². The highest BCUT2D eigenvalue weighted by Crippen LogP contribution is 2.31. The van der Waals surface area contributed by atoms with Crippen LogP contribution in [0, 0.1) is 19.3 Å². The molecule has 0 radical (unpaired) electrons. The highest BCUT2D eigenvalue weighted by molar-refractivity contribution is 5.60. The number of hydrogen-bond donors (Lipinski definition) is 1. The summed E-state index contributed by atoms with van der Waals surface area (Å²) in [7, 11) is 0. The molecule has 0 spiro atoms. The Kier molecular flexibility index (Phi) is 2.53. The highest BCUT2D eigenvalue weighted by Gasteiger charge is 2.21. The molecule has 0 aliphatic heterocycles. The topological polar surface area (TPSA) is 38.9 Å². The van der Waals surface area contributed by atoms with Gasteiger partial charge in [0.15, 0.2) is 0 Å². The lowest BCUT2D eigenvalue weighted by atomic mass is 9.83. The molecule has 2 N–H and O–H groups in total. The van der Waals surface area contributed by atoms with Gasteiger partial charge in [-0.1, -0.05) is 26.7 Å². The second-order valence-electron chi connectivity index (χ2n) is 4.44. The Hall–Kier alpha value is -1.49. The van der Waals surface area contributed by atoms with Gasteiger partial charge in [-0.25, -0.2) is 0 Å².